The molecule has 0 amide bonds. The molecule has 0 saturated carbocycles. The number of benzene rings is 2. The highest BCUT2D eigenvalue weighted by atomic mass is 32.2. The Balaban J connectivity index is 1.49. The molecule has 0 spiro atoms. The van der Waals surface area contributed by atoms with Crippen LogP contribution in [-0.4, -0.2) is 41.7 Å². The summed E-state index contributed by atoms with van der Waals surface area (Å²) in [5.41, 5.74) is -0.388. The van der Waals surface area contributed by atoms with E-state index in [2.05, 4.69) is 10.1 Å². The van der Waals surface area contributed by atoms with E-state index in [1.165, 1.54) is 47.6 Å². The highest BCUT2D eigenvalue weighted by Gasteiger charge is 2.40. The molecule has 2 aromatic carbocycles. The van der Waals surface area contributed by atoms with Crippen molar-refractivity contribution in [2.75, 3.05) is 13.1 Å². The first-order chi connectivity index (χ1) is 14.6. The highest BCUT2D eigenvalue weighted by molar-refractivity contribution is 7.89. The third-order valence-electron chi connectivity index (χ3n) is 4.97. The first kappa shape index (κ1) is 21.2. The Morgan fingerprint density at radius 1 is 1.13 bits per heavy atom. The third-order valence-corrected chi connectivity index (χ3v) is 6.79. The van der Waals surface area contributed by atoms with Gasteiger partial charge in [-0.25, -0.2) is 8.42 Å². The van der Waals surface area contributed by atoms with Crippen LogP contribution in [-0.2, 0) is 16.2 Å². The van der Waals surface area contributed by atoms with Gasteiger partial charge in [-0.2, -0.15) is 22.5 Å². The Bertz CT molecular complexity index is 1250. The minimum atomic E-state index is -4.49. The number of alkyl halides is 3. The zero-order valence-electron chi connectivity index (χ0n) is 16.1. The Morgan fingerprint density at radius 2 is 1.84 bits per heavy atom. The van der Waals surface area contributed by atoms with Gasteiger partial charge in [-0.05, 0) is 31.2 Å². The number of sulfonamides is 1. The maximum Gasteiger partial charge on any atom is 0.416 e. The van der Waals surface area contributed by atoms with Crippen LogP contribution in [0.2, 0.25) is 0 Å². The number of ketones is 1. The topological polar surface area (TPSA) is 93.4 Å². The molecular weight excluding hydrogens is 435 g/mol. The molecule has 1 aliphatic rings. The van der Waals surface area contributed by atoms with Gasteiger partial charge in [0.25, 0.3) is 0 Å². The molecule has 0 bridgehead atoms. The van der Waals surface area contributed by atoms with Crippen LogP contribution < -0.4 is 0 Å². The number of halogens is 3. The van der Waals surface area contributed by atoms with Crippen LogP contribution in [0.25, 0.3) is 11.4 Å². The Hall–Kier alpha value is -3.05. The number of hydrogen-bond donors (Lipinski definition) is 0. The molecule has 0 aliphatic carbocycles. The van der Waals surface area contributed by atoms with Crippen LogP contribution in [0.15, 0.2) is 57.9 Å². The molecule has 1 saturated heterocycles. The van der Waals surface area contributed by atoms with E-state index in [9.17, 15) is 26.4 Å². The molecule has 2 heterocycles. The standard InChI is InChI=1S/C20H16F3N3O4S/c1-12(27)13-4-3-7-17(9-13)31(28,29)26-10-15(11-26)19-24-18(25-30-19)14-5-2-6-16(8-14)20(21,22)23/h2-9,15H,10-11H2,1H3. The summed E-state index contributed by atoms with van der Waals surface area (Å²) in [6.07, 6.45) is -4.49. The summed E-state index contributed by atoms with van der Waals surface area (Å²) in [4.78, 5) is 15.7. The fourth-order valence-electron chi connectivity index (χ4n) is 3.17. The van der Waals surface area contributed by atoms with Crippen molar-refractivity contribution in [3.8, 4) is 11.4 Å². The van der Waals surface area contributed by atoms with Crippen molar-refractivity contribution in [1.29, 1.82) is 0 Å². The van der Waals surface area contributed by atoms with Crippen LogP contribution in [0.5, 0.6) is 0 Å². The van der Waals surface area contributed by atoms with Gasteiger partial charge < -0.3 is 4.52 Å². The average molecular weight is 451 g/mol. The van der Waals surface area contributed by atoms with Gasteiger partial charge >= 0.3 is 6.18 Å². The quantitative estimate of drug-likeness (QED) is 0.549. The van der Waals surface area contributed by atoms with E-state index >= 15 is 0 Å². The van der Waals surface area contributed by atoms with Gasteiger partial charge in [-0.3, -0.25) is 4.79 Å². The Kier molecular flexibility index (Phi) is 5.18. The molecule has 31 heavy (non-hydrogen) atoms. The first-order valence-corrected chi connectivity index (χ1v) is 10.6. The SMILES string of the molecule is CC(=O)c1cccc(S(=O)(=O)N2CC(c3nc(-c4cccc(C(F)(F)F)c4)no3)C2)c1. The number of Topliss-reactive ketones (excluding diaryl/α,β-unsaturated/α-hetero) is 1. The number of hydrogen-bond acceptors (Lipinski definition) is 6. The zero-order chi connectivity index (χ0) is 22.4. The van der Waals surface area contributed by atoms with Gasteiger partial charge in [0.15, 0.2) is 5.78 Å². The maximum atomic E-state index is 12.9. The van der Waals surface area contributed by atoms with E-state index in [0.29, 0.717) is 5.56 Å². The largest absolute Gasteiger partial charge is 0.416 e. The first-order valence-electron chi connectivity index (χ1n) is 9.18. The second-order valence-electron chi connectivity index (χ2n) is 7.14. The predicted octanol–water partition coefficient (Wildman–Crippen LogP) is 3.75. The van der Waals surface area contributed by atoms with Crippen molar-refractivity contribution < 1.29 is 30.9 Å². The van der Waals surface area contributed by atoms with Gasteiger partial charge in [0.2, 0.25) is 21.7 Å². The van der Waals surface area contributed by atoms with E-state index in [4.69, 9.17) is 4.52 Å². The molecule has 0 unspecified atom stereocenters. The van der Waals surface area contributed by atoms with Crippen molar-refractivity contribution in [1.82, 2.24) is 14.4 Å². The lowest BCUT2D eigenvalue weighted by atomic mass is 10.0. The van der Waals surface area contributed by atoms with E-state index in [-0.39, 0.29) is 47.0 Å². The van der Waals surface area contributed by atoms with Gasteiger partial charge in [-0.1, -0.05) is 29.4 Å². The molecule has 1 aromatic heterocycles. The van der Waals surface area contributed by atoms with Crippen molar-refractivity contribution in [2.24, 2.45) is 0 Å². The molecule has 11 heteroatoms. The van der Waals surface area contributed by atoms with Crippen LogP contribution in [0.1, 0.15) is 34.7 Å². The number of carbonyl (C=O) groups excluding carboxylic acids is 1. The van der Waals surface area contributed by atoms with E-state index < -0.39 is 21.8 Å². The molecular formula is C20H16F3N3O4S. The minimum absolute atomic E-state index is 0.00318. The lowest BCUT2D eigenvalue weighted by Crippen LogP contribution is -2.48. The predicted molar refractivity (Wildman–Crippen MR) is 103 cm³/mol. The molecule has 7 nitrogen and oxygen atoms in total. The zero-order valence-corrected chi connectivity index (χ0v) is 16.9. The van der Waals surface area contributed by atoms with E-state index in [0.717, 1.165) is 12.1 Å². The second kappa shape index (κ2) is 7.57. The summed E-state index contributed by atoms with van der Waals surface area (Å²) in [6, 6.07) is 10.3. The fourth-order valence-corrected chi connectivity index (χ4v) is 4.75. The Labute approximate surface area is 175 Å². The molecule has 4 rings (SSSR count). The molecule has 0 radical (unpaired) electrons. The lowest BCUT2D eigenvalue weighted by Gasteiger charge is -2.35. The Morgan fingerprint density at radius 3 is 2.52 bits per heavy atom. The summed E-state index contributed by atoms with van der Waals surface area (Å²) in [5.74, 6) is -0.475. The van der Waals surface area contributed by atoms with Crippen LogP contribution in [0, 0.1) is 0 Å². The minimum Gasteiger partial charge on any atom is -0.339 e. The monoisotopic (exact) mass is 451 g/mol. The summed E-state index contributed by atoms with van der Waals surface area (Å²) < 4.78 is 70.6. The summed E-state index contributed by atoms with van der Waals surface area (Å²) in [6.45, 7) is 1.51. The number of aromatic nitrogens is 2. The molecule has 0 atom stereocenters. The normalized spacial score (nSPS) is 15.6. The van der Waals surface area contributed by atoms with Gasteiger partial charge in [0.05, 0.1) is 16.4 Å². The molecule has 1 aliphatic heterocycles. The van der Waals surface area contributed by atoms with Crippen LogP contribution in [0.3, 0.4) is 0 Å². The van der Waals surface area contributed by atoms with Gasteiger partial charge in [0.1, 0.15) is 0 Å². The van der Waals surface area contributed by atoms with Crippen molar-refractivity contribution in [3.63, 3.8) is 0 Å². The fraction of sp³-hybridized carbons (Fsp3) is 0.250. The van der Waals surface area contributed by atoms with Crippen molar-refractivity contribution >= 4 is 15.8 Å². The molecule has 162 valence electrons. The summed E-state index contributed by atoms with van der Waals surface area (Å²) >= 11 is 0. The van der Waals surface area contributed by atoms with Crippen LogP contribution >= 0.6 is 0 Å². The van der Waals surface area contributed by atoms with Gasteiger partial charge in [0, 0.05) is 24.2 Å². The van der Waals surface area contributed by atoms with E-state index in [1.807, 2.05) is 0 Å². The number of nitrogens with zero attached hydrogens (tertiary/aromatic N) is 3. The molecule has 0 N–H and O–H groups in total. The van der Waals surface area contributed by atoms with Crippen molar-refractivity contribution in [3.05, 3.63) is 65.5 Å². The summed E-state index contributed by atoms with van der Waals surface area (Å²) in [5, 5.41) is 3.73. The second-order valence-corrected chi connectivity index (χ2v) is 9.08. The number of rotatable bonds is 5. The smallest absolute Gasteiger partial charge is 0.339 e. The van der Waals surface area contributed by atoms with Crippen molar-refractivity contribution in [2.45, 2.75) is 23.9 Å². The maximum absolute atomic E-state index is 12.9. The lowest BCUT2D eigenvalue weighted by molar-refractivity contribution is -0.137. The number of carbonyl (C=O) groups is 1. The third kappa shape index (κ3) is 4.10. The summed E-state index contributed by atoms with van der Waals surface area (Å²) in [7, 11) is -3.80. The van der Waals surface area contributed by atoms with Gasteiger partial charge in [-0.15, -0.1) is 0 Å². The molecule has 1 fully saturated rings. The average Bonchev–Trinajstić information content (AvgIpc) is 3.16. The molecule has 3 aromatic rings. The highest BCUT2D eigenvalue weighted by Crippen LogP contribution is 2.34. The van der Waals surface area contributed by atoms with E-state index in [1.54, 1.807) is 0 Å². The van der Waals surface area contributed by atoms with Crippen LogP contribution in [0.4, 0.5) is 13.2 Å².